The molecule has 0 aromatic heterocycles. The van der Waals surface area contributed by atoms with Crippen LogP contribution in [0.15, 0.2) is 28.7 Å². The van der Waals surface area contributed by atoms with Crippen LogP contribution in [0.2, 0.25) is 0 Å². The van der Waals surface area contributed by atoms with Gasteiger partial charge in [-0.2, -0.15) is 0 Å². The van der Waals surface area contributed by atoms with E-state index in [1.54, 1.807) is 4.90 Å². The van der Waals surface area contributed by atoms with E-state index in [0.717, 1.165) is 16.5 Å². The van der Waals surface area contributed by atoms with Gasteiger partial charge in [0.25, 0.3) is 0 Å². The zero-order valence-corrected chi connectivity index (χ0v) is 13.9. The first-order chi connectivity index (χ1) is 9.82. The molecule has 1 amide bonds. The van der Waals surface area contributed by atoms with Gasteiger partial charge in [0.2, 0.25) is 5.91 Å². The Morgan fingerprint density at radius 3 is 2.48 bits per heavy atom. The van der Waals surface area contributed by atoms with Crippen LogP contribution in [0, 0.1) is 5.92 Å². The number of carboxylic acids is 1. The Labute approximate surface area is 133 Å². The number of amides is 1. The van der Waals surface area contributed by atoms with Gasteiger partial charge in [-0.15, -0.1) is 0 Å². The Kier molecular flexibility index (Phi) is 4.71. The molecule has 0 spiro atoms. The number of likely N-dealkylation sites (tertiary alicyclic amines) is 1. The van der Waals surface area contributed by atoms with Crippen molar-refractivity contribution in [2.45, 2.75) is 32.1 Å². The van der Waals surface area contributed by atoms with E-state index in [0.29, 0.717) is 19.5 Å². The van der Waals surface area contributed by atoms with Gasteiger partial charge in [0.1, 0.15) is 0 Å². The summed E-state index contributed by atoms with van der Waals surface area (Å²) in [4.78, 5) is 25.6. The minimum atomic E-state index is -0.811. The van der Waals surface area contributed by atoms with E-state index in [9.17, 15) is 9.59 Å². The lowest BCUT2D eigenvalue weighted by molar-refractivity contribution is -0.147. The number of carbonyl (C=O) groups excluding carboxylic acids is 1. The molecule has 0 aliphatic carbocycles. The molecule has 0 radical (unpaired) electrons. The fourth-order valence-corrected chi connectivity index (χ4v) is 3.01. The third-order valence-electron chi connectivity index (χ3n) is 4.16. The van der Waals surface area contributed by atoms with Gasteiger partial charge in [-0.3, -0.25) is 9.59 Å². The molecule has 2 rings (SSSR count). The molecular formula is C16H20BrNO3. The lowest BCUT2D eigenvalue weighted by Crippen LogP contribution is -2.49. The molecule has 0 saturated carbocycles. The van der Waals surface area contributed by atoms with Gasteiger partial charge in [-0.25, -0.2) is 0 Å². The second kappa shape index (κ2) is 6.18. The monoisotopic (exact) mass is 353 g/mol. The first kappa shape index (κ1) is 16.0. The number of hydrogen-bond donors (Lipinski definition) is 1. The molecule has 1 N–H and O–H groups in total. The van der Waals surface area contributed by atoms with E-state index in [1.165, 1.54) is 0 Å². The van der Waals surface area contributed by atoms with Crippen LogP contribution in [0.5, 0.6) is 0 Å². The molecular weight excluding hydrogens is 334 g/mol. The molecule has 1 aliphatic rings. The molecule has 1 fully saturated rings. The van der Waals surface area contributed by atoms with E-state index in [2.05, 4.69) is 15.9 Å². The first-order valence-electron chi connectivity index (χ1n) is 7.10. The molecule has 5 heteroatoms. The maximum Gasteiger partial charge on any atom is 0.308 e. The summed E-state index contributed by atoms with van der Waals surface area (Å²) in [6, 6.07) is 7.70. The largest absolute Gasteiger partial charge is 0.481 e. The van der Waals surface area contributed by atoms with Crippen molar-refractivity contribution in [3.8, 4) is 0 Å². The summed E-state index contributed by atoms with van der Waals surface area (Å²) < 4.78 is 0.971. The van der Waals surface area contributed by atoms with Gasteiger partial charge in [-0.1, -0.05) is 28.1 Å². The standard InChI is InChI=1S/C16H20BrNO3/c1-16(2,12-5-7-13(17)8-6-12)15(21)18-9-3-4-11(10-18)14(19)20/h5-8,11H,3-4,9-10H2,1-2H3,(H,19,20)/t11-/m0/s1. The minimum Gasteiger partial charge on any atom is -0.481 e. The van der Waals surface area contributed by atoms with Crippen molar-refractivity contribution in [3.05, 3.63) is 34.3 Å². The third-order valence-corrected chi connectivity index (χ3v) is 4.69. The zero-order valence-electron chi connectivity index (χ0n) is 12.3. The number of carboxylic acid groups (broad SMARTS) is 1. The summed E-state index contributed by atoms with van der Waals surface area (Å²) in [6.07, 6.45) is 1.40. The highest BCUT2D eigenvalue weighted by Gasteiger charge is 2.37. The molecule has 0 unspecified atom stereocenters. The molecule has 1 heterocycles. The maximum atomic E-state index is 12.8. The van der Waals surface area contributed by atoms with Crippen LogP contribution in [0.1, 0.15) is 32.3 Å². The van der Waals surface area contributed by atoms with Crippen molar-refractivity contribution >= 4 is 27.8 Å². The van der Waals surface area contributed by atoms with Crippen molar-refractivity contribution in [1.82, 2.24) is 4.90 Å². The van der Waals surface area contributed by atoms with E-state index >= 15 is 0 Å². The van der Waals surface area contributed by atoms with E-state index in [-0.39, 0.29) is 5.91 Å². The normalized spacial score (nSPS) is 19.4. The number of nitrogens with zero attached hydrogens (tertiary/aromatic N) is 1. The summed E-state index contributed by atoms with van der Waals surface area (Å²) in [5, 5.41) is 9.14. The van der Waals surface area contributed by atoms with Gasteiger partial charge in [0.05, 0.1) is 11.3 Å². The molecule has 1 aromatic carbocycles. The highest BCUT2D eigenvalue weighted by atomic mass is 79.9. The second-order valence-electron chi connectivity index (χ2n) is 6.06. The van der Waals surface area contributed by atoms with Crippen LogP contribution in [-0.4, -0.2) is 35.0 Å². The van der Waals surface area contributed by atoms with Gasteiger partial charge < -0.3 is 10.0 Å². The molecule has 1 aromatic rings. The SMILES string of the molecule is CC(C)(C(=O)N1CCC[C@H](C(=O)O)C1)c1ccc(Br)cc1. The van der Waals surface area contributed by atoms with Gasteiger partial charge in [-0.05, 0) is 44.4 Å². The number of hydrogen-bond acceptors (Lipinski definition) is 2. The van der Waals surface area contributed by atoms with Crippen molar-refractivity contribution in [3.63, 3.8) is 0 Å². The maximum absolute atomic E-state index is 12.8. The smallest absolute Gasteiger partial charge is 0.308 e. The number of aliphatic carboxylic acids is 1. The third kappa shape index (κ3) is 3.46. The number of benzene rings is 1. The summed E-state index contributed by atoms with van der Waals surface area (Å²) in [5.41, 5.74) is 0.286. The Morgan fingerprint density at radius 1 is 1.29 bits per heavy atom. The van der Waals surface area contributed by atoms with Crippen molar-refractivity contribution in [2.24, 2.45) is 5.92 Å². The summed E-state index contributed by atoms with van der Waals surface area (Å²) in [6.45, 7) is 4.74. The predicted molar refractivity (Wildman–Crippen MR) is 84.1 cm³/mol. The van der Waals surface area contributed by atoms with E-state index in [4.69, 9.17) is 5.11 Å². The Morgan fingerprint density at radius 2 is 1.90 bits per heavy atom. The molecule has 0 bridgehead atoms. The highest BCUT2D eigenvalue weighted by molar-refractivity contribution is 9.10. The van der Waals surface area contributed by atoms with Crippen LogP contribution >= 0.6 is 15.9 Å². The van der Waals surface area contributed by atoms with Crippen molar-refractivity contribution < 1.29 is 14.7 Å². The Balaban J connectivity index is 2.17. The van der Waals surface area contributed by atoms with Crippen LogP contribution in [0.4, 0.5) is 0 Å². The summed E-state index contributed by atoms with van der Waals surface area (Å²) >= 11 is 3.39. The number of piperidine rings is 1. The summed E-state index contributed by atoms with van der Waals surface area (Å²) in [5.74, 6) is -1.26. The fourth-order valence-electron chi connectivity index (χ4n) is 2.75. The topological polar surface area (TPSA) is 57.6 Å². The quantitative estimate of drug-likeness (QED) is 0.908. The molecule has 114 valence electrons. The second-order valence-corrected chi connectivity index (χ2v) is 6.98. The molecule has 1 atom stereocenters. The van der Waals surface area contributed by atoms with Crippen LogP contribution in [0.25, 0.3) is 0 Å². The lowest BCUT2D eigenvalue weighted by Gasteiger charge is -2.36. The van der Waals surface area contributed by atoms with Crippen LogP contribution in [-0.2, 0) is 15.0 Å². The van der Waals surface area contributed by atoms with E-state index < -0.39 is 17.3 Å². The van der Waals surface area contributed by atoms with Crippen LogP contribution in [0.3, 0.4) is 0 Å². The number of rotatable bonds is 3. The zero-order chi connectivity index (χ0) is 15.6. The average Bonchev–Trinajstić information content (AvgIpc) is 2.47. The molecule has 21 heavy (non-hydrogen) atoms. The van der Waals surface area contributed by atoms with Gasteiger partial charge in [0, 0.05) is 17.6 Å². The lowest BCUT2D eigenvalue weighted by atomic mass is 9.82. The minimum absolute atomic E-state index is 0.00391. The molecule has 4 nitrogen and oxygen atoms in total. The number of halogens is 1. The van der Waals surface area contributed by atoms with Gasteiger partial charge in [0.15, 0.2) is 0 Å². The predicted octanol–water partition coefficient (Wildman–Crippen LogP) is 3.05. The highest BCUT2D eigenvalue weighted by Crippen LogP contribution is 2.29. The first-order valence-corrected chi connectivity index (χ1v) is 7.90. The van der Waals surface area contributed by atoms with Gasteiger partial charge >= 0.3 is 5.97 Å². The molecule has 1 aliphatic heterocycles. The molecule has 1 saturated heterocycles. The van der Waals surface area contributed by atoms with Crippen LogP contribution < -0.4 is 0 Å². The number of carbonyl (C=O) groups is 2. The van der Waals surface area contributed by atoms with Crippen molar-refractivity contribution in [1.29, 1.82) is 0 Å². The average molecular weight is 354 g/mol. The Hall–Kier alpha value is -1.36. The summed E-state index contributed by atoms with van der Waals surface area (Å²) in [7, 11) is 0. The van der Waals surface area contributed by atoms with E-state index in [1.807, 2.05) is 38.1 Å². The van der Waals surface area contributed by atoms with Crippen molar-refractivity contribution in [2.75, 3.05) is 13.1 Å². The fraction of sp³-hybridized carbons (Fsp3) is 0.500. The Bertz CT molecular complexity index is 539.